The van der Waals surface area contributed by atoms with E-state index in [1.807, 2.05) is 54.7 Å². The standard InChI is InChI=1S/C21H19BrN4O3/c1-28-18-5-3-2-4-16(18)17-12-19(29-25-17)21(27)23-20-10-11-26(24-20)13-14-6-8-15(22)9-7-14/h2-11,19H,12-13H2,1H3,(H,23,24,27). The van der Waals surface area contributed by atoms with Gasteiger partial charge in [0.25, 0.3) is 5.91 Å². The molecule has 148 valence electrons. The zero-order valence-electron chi connectivity index (χ0n) is 15.7. The Hall–Kier alpha value is -3.13. The molecule has 1 N–H and O–H groups in total. The van der Waals surface area contributed by atoms with Crippen molar-refractivity contribution in [3.05, 3.63) is 76.4 Å². The zero-order chi connectivity index (χ0) is 20.2. The van der Waals surface area contributed by atoms with Crippen molar-refractivity contribution < 1.29 is 14.4 Å². The van der Waals surface area contributed by atoms with Crippen LogP contribution in [0, 0.1) is 0 Å². The Bertz CT molecular complexity index is 1050. The van der Waals surface area contributed by atoms with E-state index in [0.29, 0.717) is 30.2 Å². The van der Waals surface area contributed by atoms with Crippen molar-refractivity contribution in [2.24, 2.45) is 5.16 Å². The lowest BCUT2D eigenvalue weighted by atomic mass is 10.0. The molecule has 1 atom stereocenters. The first-order chi connectivity index (χ1) is 14.1. The third kappa shape index (κ3) is 4.48. The number of aromatic nitrogens is 2. The number of anilines is 1. The van der Waals surface area contributed by atoms with Gasteiger partial charge in [-0.25, -0.2) is 0 Å². The van der Waals surface area contributed by atoms with Crippen molar-refractivity contribution in [2.75, 3.05) is 12.4 Å². The number of carbonyl (C=O) groups excluding carboxylic acids is 1. The smallest absolute Gasteiger partial charge is 0.269 e. The number of hydrogen-bond donors (Lipinski definition) is 1. The van der Waals surface area contributed by atoms with Gasteiger partial charge < -0.3 is 14.9 Å². The lowest BCUT2D eigenvalue weighted by Gasteiger charge is -2.08. The minimum Gasteiger partial charge on any atom is -0.496 e. The molecule has 0 fully saturated rings. The number of ether oxygens (including phenoxy) is 1. The number of oxime groups is 1. The molecule has 0 saturated heterocycles. The largest absolute Gasteiger partial charge is 0.496 e. The summed E-state index contributed by atoms with van der Waals surface area (Å²) in [6.07, 6.45) is 1.49. The minimum atomic E-state index is -0.702. The monoisotopic (exact) mass is 454 g/mol. The predicted octanol–water partition coefficient (Wildman–Crippen LogP) is 3.83. The number of amides is 1. The number of hydrogen-bond acceptors (Lipinski definition) is 5. The van der Waals surface area contributed by atoms with Crippen LogP contribution < -0.4 is 10.1 Å². The molecule has 0 bridgehead atoms. The molecular formula is C21H19BrN4O3. The fraction of sp³-hybridized carbons (Fsp3) is 0.190. The minimum absolute atomic E-state index is 0.285. The third-order valence-corrected chi connectivity index (χ3v) is 5.06. The lowest BCUT2D eigenvalue weighted by molar-refractivity contribution is -0.125. The van der Waals surface area contributed by atoms with Crippen LogP contribution in [0.4, 0.5) is 5.82 Å². The summed E-state index contributed by atoms with van der Waals surface area (Å²) in [7, 11) is 1.60. The number of carbonyl (C=O) groups is 1. The Morgan fingerprint density at radius 2 is 2.03 bits per heavy atom. The molecule has 0 aliphatic carbocycles. The molecular weight excluding hydrogens is 436 g/mol. The van der Waals surface area contributed by atoms with Gasteiger partial charge in [0, 0.05) is 28.7 Å². The number of halogens is 1. The number of rotatable bonds is 6. The first-order valence-corrected chi connectivity index (χ1v) is 9.86. The molecule has 4 rings (SSSR count). The van der Waals surface area contributed by atoms with E-state index in [0.717, 1.165) is 15.6 Å². The van der Waals surface area contributed by atoms with E-state index < -0.39 is 6.10 Å². The molecule has 2 aromatic carbocycles. The van der Waals surface area contributed by atoms with E-state index in [1.165, 1.54) is 0 Å². The first kappa shape index (κ1) is 19.2. The fourth-order valence-electron chi connectivity index (χ4n) is 3.06. The average molecular weight is 455 g/mol. The molecule has 7 nitrogen and oxygen atoms in total. The Kier molecular flexibility index (Phi) is 5.62. The Labute approximate surface area is 176 Å². The van der Waals surface area contributed by atoms with Crippen LogP contribution in [-0.2, 0) is 16.2 Å². The van der Waals surface area contributed by atoms with E-state index in [9.17, 15) is 4.79 Å². The Morgan fingerprint density at radius 1 is 1.24 bits per heavy atom. The highest BCUT2D eigenvalue weighted by molar-refractivity contribution is 9.10. The molecule has 0 saturated carbocycles. The van der Waals surface area contributed by atoms with Crippen LogP contribution >= 0.6 is 15.9 Å². The van der Waals surface area contributed by atoms with Crippen molar-refractivity contribution in [3.63, 3.8) is 0 Å². The summed E-state index contributed by atoms with van der Waals surface area (Å²) in [5.74, 6) is 0.886. The Balaban J connectivity index is 1.36. The molecule has 29 heavy (non-hydrogen) atoms. The normalized spacial score (nSPS) is 15.5. The molecule has 0 spiro atoms. The van der Waals surface area contributed by atoms with Gasteiger partial charge in [-0.3, -0.25) is 9.48 Å². The highest BCUT2D eigenvalue weighted by Gasteiger charge is 2.30. The van der Waals surface area contributed by atoms with Gasteiger partial charge in [-0.1, -0.05) is 45.4 Å². The van der Waals surface area contributed by atoms with Crippen molar-refractivity contribution in [2.45, 2.75) is 19.1 Å². The second-order valence-corrected chi connectivity index (χ2v) is 7.47. The van der Waals surface area contributed by atoms with Gasteiger partial charge >= 0.3 is 0 Å². The molecule has 1 amide bonds. The first-order valence-electron chi connectivity index (χ1n) is 9.07. The van der Waals surface area contributed by atoms with Gasteiger partial charge in [-0.15, -0.1) is 0 Å². The maximum Gasteiger partial charge on any atom is 0.269 e. The summed E-state index contributed by atoms with van der Waals surface area (Å²) in [6, 6.07) is 17.3. The quantitative estimate of drug-likeness (QED) is 0.613. The van der Waals surface area contributed by atoms with Crippen LogP contribution in [0.2, 0.25) is 0 Å². The summed E-state index contributed by atoms with van der Waals surface area (Å²) >= 11 is 3.42. The maximum absolute atomic E-state index is 12.6. The number of benzene rings is 2. The topological polar surface area (TPSA) is 77.7 Å². The number of nitrogens with zero attached hydrogens (tertiary/aromatic N) is 3. The Morgan fingerprint density at radius 3 is 2.83 bits per heavy atom. The summed E-state index contributed by atoms with van der Waals surface area (Å²) in [5.41, 5.74) is 2.62. The summed E-state index contributed by atoms with van der Waals surface area (Å²) in [4.78, 5) is 17.9. The van der Waals surface area contributed by atoms with Crippen LogP contribution in [0.5, 0.6) is 5.75 Å². The van der Waals surface area contributed by atoms with Gasteiger partial charge in [0.05, 0.1) is 19.4 Å². The van der Waals surface area contributed by atoms with E-state index in [1.54, 1.807) is 17.9 Å². The number of nitrogens with one attached hydrogen (secondary N) is 1. The molecule has 0 radical (unpaired) electrons. The fourth-order valence-corrected chi connectivity index (χ4v) is 3.32. The number of methoxy groups -OCH3 is 1. The summed E-state index contributed by atoms with van der Waals surface area (Å²) in [5, 5.41) is 11.3. The van der Waals surface area contributed by atoms with Gasteiger partial charge in [0.15, 0.2) is 5.82 Å². The SMILES string of the molecule is COc1ccccc1C1=NOC(C(=O)Nc2ccn(Cc3ccc(Br)cc3)n2)C1. The van der Waals surface area contributed by atoms with Crippen molar-refractivity contribution in [1.82, 2.24) is 9.78 Å². The highest BCUT2D eigenvalue weighted by atomic mass is 79.9. The molecule has 8 heteroatoms. The predicted molar refractivity (Wildman–Crippen MR) is 113 cm³/mol. The van der Waals surface area contributed by atoms with Crippen LogP contribution in [0.1, 0.15) is 17.5 Å². The van der Waals surface area contributed by atoms with Gasteiger partial charge in [-0.05, 0) is 29.8 Å². The van der Waals surface area contributed by atoms with Crippen molar-refractivity contribution in [1.29, 1.82) is 0 Å². The van der Waals surface area contributed by atoms with Gasteiger partial charge in [-0.2, -0.15) is 5.10 Å². The summed E-state index contributed by atoms with van der Waals surface area (Å²) in [6.45, 7) is 0.615. The van der Waals surface area contributed by atoms with Crippen molar-refractivity contribution >= 4 is 33.4 Å². The third-order valence-electron chi connectivity index (χ3n) is 4.53. The summed E-state index contributed by atoms with van der Waals surface area (Å²) < 4.78 is 8.15. The zero-order valence-corrected chi connectivity index (χ0v) is 17.3. The molecule has 2 heterocycles. The van der Waals surface area contributed by atoms with Crippen LogP contribution in [0.3, 0.4) is 0 Å². The molecule has 3 aromatic rings. The molecule has 1 aromatic heterocycles. The van der Waals surface area contributed by atoms with E-state index in [-0.39, 0.29) is 5.91 Å². The highest BCUT2D eigenvalue weighted by Crippen LogP contribution is 2.25. The number of para-hydroxylation sites is 1. The lowest BCUT2D eigenvalue weighted by Crippen LogP contribution is -2.28. The second kappa shape index (κ2) is 8.48. The van der Waals surface area contributed by atoms with Crippen LogP contribution in [0.25, 0.3) is 0 Å². The van der Waals surface area contributed by atoms with E-state index >= 15 is 0 Å². The van der Waals surface area contributed by atoms with E-state index in [2.05, 4.69) is 31.5 Å². The van der Waals surface area contributed by atoms with Gasteiger partial charge in [0.2, 0.25) is 6.10 Å². The van der Waals surface area contributed by atoms with Crippen LogP contribution in [0.15, 0.2) is 70.4 Å². The van der Waals surface area contributed by atoms with E-state index in [4.69, 9.17) is 9.57 Å². The van der Waals surface area contributed by atoms with Crippen LogP contribution in [-0.4, -0.2) is 34.6 Å². The average Bonchev–Trinajstić information content (AvgIpc) is 3.39. The molecule has 1 aliphatic heterocycles. The van der Waals surface area contributed by atoms with Crippen molar-refractivity contribution in [3.8, 4) is 5.75 Å². The maximum atomic E-state index is 12.6. The van der Waals surface area contributed by atoms with Gasteiger partial charge in [0.1, 0.15) is 5.75 Å². The molecule has 1 aliphatic rings. The molecule has 1 unspecified atom stereocenters. The second-order valence-electron chi connectivity index (χ2n) is 6.55.